The SMILES string of the molecule is c1ccc(-c2ccc(-c3ccccc3N(c3ccc(-c4cccc(-c5cc6ccccc6o5)c4)cc3)c3cccc(-c4cccc5ccccc45)c3)cc2)cc1. The Kier molecular flexibility index (Phi) is 8.55. The van der Waals surface area contributed by atoms with Crippen LogP contribution in [0.2, 0.25) is 0 Å². The summed E-state index contributed by atoms with van der Waals surface area (Å²) >= 11 is 0. The molecule has 2 heteroatoms. The lowest BCUT2D eigenvalue weighted by molar-refractivity contribution is 0.631. The van der Waals surface area contributed by atoms with Crippen LogP contribution in [0.4, 0.5) is 17.1 Å². The van der Waals surface area contributed by atoms with E-state index in [9.17, 15) is 0 Å². The smallest absolute Gasteiger partial charge is 0.135 e. The number of rotatable bonds is 8. The Hall–Kier alpha value is -7.42. The van der Waals surface area contributed by atoms with Crippen molar-refractivity contribution in [3.05, 3.63) is 224 Å². The van der Waals surface area contributed by atoms with Crippen LogP contribution < -0.4 is 4.90 Å². The Balaban J connectivity index is 1.07. The van der Waals surface area contributed by atoms with Crippen LogP contribution in [0, 0.1) is 0 Å². The van der Waals surface area contributed by atoms with E-state index in [0.29, 0.717) is 0 Å². The second kappa shape index (κ2) is 14.4. The summed E-state index contributed by atoms with van der Waals surface area (Å²) in [7, 11) is 0. The first kappa shape index (κ1) is 33.2. The average Bonchev–Trinajstić information content (AvgIpc) is 3.72. The molecule has 0 aliphatic heterocycles. The fourth-order valence-electron chi connectivity index (χ4n) is 7.88. The molecule has 0 fully saturated rings. The summed E-state index contributed by atoms with van der Waals surface area (Å²) in [6.07, 6.45) is 0. The molecule has 2 nitrogen and oxygen atoms in total. The van der Waals surface area contributed by atoms with Gasteiger partial charge in [0.15, 0.2) is 0 Å². The van der Waals surface area contributed by atoms with Crippen LogP contribution in [0.25, 0.3) is 77.6 Å². The van der Waals surface area contributed by atoms with Gasteiger partial charge < -0.3 is 9.32 Å². The fraction of sp³-hybridized carbons (Fsp3) is 0. The van der Waals surface area contributed by atoms with Crippen LogP contribution in [0.3, 0.4) is 0 Å². The molecule has 0 aliphatic rings. The predicted molar refractivity (Wildman–Crippen MR) is 236 cm³/mol. The maximum atomic E-state index is 6.23. The van der Waals surface area contributed by atoms with Crippen LogP contribution in [0.1, 0.15) is 0 Å². The van der Waals surface area contributed by atoms with Gasteiger partial charge in [0.25, 0.3) is 0 Å². The number of hydrogen-bond acceptors (Lipinski definition) is 2. The summed E-state index contributed by atoms with van der Waals surface area (Å²) in [6, 6.07) is 80.1. The third-order valence-corrected chi connectivity index (χ3v) is 10.7. The number of anilines is 3. The highest BCUT2D eigenvalue weighted by atomic mass is 16.3. The Bertz CT molecular complexity index is 2920. The zero-order valence-corrected chi connectivity index (χ0v) is 30.7. The van der Waals surface area contributed by atoms with E-state index in [0.717, 1.165) is 61.6 Å². The monoisotopic (exact) mass is 715 g/mol. The summed E-state index contributed by atoms with van der Waals surface area (Å²) < 4.78 is 6.23. The Morgan fingerprint density at radius 1 is 0.304 bits per heavy atom. The Morgan fingerprint density at radius 3 is 1.73 bits per heavy atom. The lowest BCUT2D eigenvalue weighted by Gasteiger charge is -2.28. The predicted octanol–water partition coefficient (Wildman–Crippen LogP) is 15.4. The van der Waals surface area contributed by atoms with Gasteiger partial charge in [-0.05, 0) is 98.2 Å². The molecule has 10 rings (SSSR count). The van der Waals surface area contributed by atoms with Crippen molar-refractivity contribution in [1.29, 1.82) is 0 Å². The van der Waals surface area contributed by atoms with Gasteiger partial charge in [-0.3, -0.25) is 0 Å². The molecular formula is C54H37NO. The minimum Gasteiger partial charge on any atom is -0.456 e. The largest absolute Gasteiger partial charge is 0.456 e. The molecule has 0 spiro atoms. The number of para-hydroxylation sites is 2. The quantitative estimate of drug-likeness (QED) is 0.156. The molecule has 0 aliphatic carbocycles. The van der Waals surface area contributed by atoms with Gasteiger partial charge in [0, 0.05) is 27.9 Å². The zero-order chi connectivity index (χ0) is 37.3. The van der Waals surface area contributed by atoms with E-state index in [1.165, 1.54) is 33.0 Å². The maximum Gasteiger partial charge on any atom is 0.135 e. The number of benzene rings is 9. The summed E-state index contributed by atoms with van der Waals surface area (Å²) in [6.45, 7) is 0. The molecule has 0 amide bonds. The van der Waals surface area contributed by atoms with Crippen molar-refractivity contribution < 1.29 is 4.42 Å². The molecule has 0 saturated heterocycles. The Labute approximate surface area is 327 Å². The number of furan rings is 1. The van der Waals surface area contributed by atoms with E-state index in [-0.39, 0.29) is 0 Å². The topological polar surface area (TPSA) is 16.4 Å². The van der Waals surface area contributed by atoms with E-state index in [1.54, 1.807) is 0 Å². The van der Waals surface area contributed by atoms with Crippen LogP contribution in [-0.4, -0.2) is 0 Å². The normalized spacial score (nSPS) is 11.2. The minimum absolute atomic E-state index is 0.871. The summed E-state index contributed by atoms with van der Waals surface area (Å²) in [5.41, 5.74) is 14.6. The highest BCUT2D eigenvalue weighted by Crippen LogP contribution is 2.43. The average molecular weight is 716 g/mol. The zero-order valence-electron chi connectivity index (χ0n) is 30.7. The third-order valence-electron chi connectivity index (χ3n) is 10.7. The highest BCUT2D eigenvalue weighted by molar-refractivity contribution is 5.98. The molecule has 1 aromatic heterocycles. The first-order valence-corrected chi connectivity index (χ1v) is 19.1. The fourth-order valence-corrected chi connectivity index (χ4v) is 7.88. The molecular weight excluding hydrogens is 679 g/mol. The molecule has 0 radical (unpaired) electrons. The van der Waals surface area contributed by atoms with E-state index >= 15 is 0 Å². The molecule has 0 saturated carbocycles. The van der Waals surface area contributed by atoms with Gasteiger partial charge in [-0.1, -0.05) is 176 Å². The summed E-state index contributed by atoms with van der Waals surface area (Å²) in [5, 5.41) is 3.58. The van der Waals surface area contributed by atoms with E-state index in [2.05, 4.69) is 211 Å². The summed E-state index contributed by atoms with van der Waals surface area (Å²) in [4.78, 5) is 2.39. The van der Waals surface area contributed by atoms with Crippen molar-refractivity contribution in [3.63, 3.8) is 0 Å². The van der Waals surface area contributed by atoms with Gasteiger partial charge in [-0.25, -0.2) is 0 Å². The third kappa shape index (κ3) is 6.34. The molecule has 0 atom stereocenters. The standard InChI is InChI=1S/C54H37NO/c1-2-13-38(14-3-1)39-27-29-42(30-28-39)51-23-7-8-25-52(51)55(48-21-11-19-44(36-48)50-24-12-17-41-15-4-6-22-49(41)50)47-33-31-40(32-34-47)43-18-10-20-45(35-43)54-37-46-16-5-9-26-53(46)56-54/h1-37H. The molecule has 9 aromatic carbocycles. The van der Waals surface area contributed by atoms with Crippen LogP contribution in [-0.2, 0) is 0 Å². The molecule has 10 aromatic rings. The van der Waals surface area contributed by atoms with Crippen molar-refractivity contribution in [1.82, 2.24) is 0 Å². The van der Waals surface area contributed by atoms with Gasteiger partial charge >= 0.3 is 0 Å². The van der Waals surface area contributed by atoms with Gasteiger partial charge in [-0.15, -0.1) is 0 Å². The lowest BCUT2D eigenvalue weighted by atomic mass is 9.96. The van der Waals surface area contributed by atoms with Crippen molar-refractivity contribution in [3.8, 4) is 55.8 Å². The first-order chi connectivity index (χ1) is 27.7. The maximum absolute atomic E-state index is 6.23. The first-order valence-electron chi connectivity index (χ1n) is 19.1. The minimum atomic E-state index is 0.871. The van der Waals surface area contributed by atoms with E-state index < -0.39 is 0 Å². The molecule has 0 N–H and O–H groups in total. The number of nitrogens with zero attached hydrogens (tertiary/aromatic N) is 1. The molecule has 1 heterocycles. The second-order valence-electron chi connectivity index (χ2n) is 14.1. The van der Waals surface area contributed by atoms with Crippen molar-refractivity contribution in [2.75, 3.05) is 4.90 Å². The summed E-state index contributed by atoms with van der Waals surface area (Å²) in [5.74, 6) is 0.871. The van der Waals surface area contributed by atoms with Gasteiger partial charge in [-0.2, -0.15) is 0 Å². The van der Waals surface area contributed by atoms with E-state index in [4.69, 9.17) is 4.42 Å². The molecule has 0 unspecified atom stereocenters. The molecule has 264 valence electrons. The van der Waals surface area contributed by atoms with Gasteiger partial charge in [0.05, 0.1) is 5.69 Å². The van der Waals surface area contributed by atoms with Crippen molar-refractivity contribution in [2.24, 2.45) is 0 Å². The molecule has 56 heavy (non-hydrogen) atoms. The number of hydrogen-bond donors (Lipinski definition) is 0. The lowest BCUT2D eigenvalue weighted by Crippen LogP contribution is -2.11. The van der Waals surface area contributed by atoms with Gasteiger partial charge in [0.1, 0.15) is 11.3 Å². The number of fused-ring (bicyclic) bond motifs is 2. The van der Waals surface area contributed by atoms with Crippen LogP contribution in [0.15, 0.2) is 229 Å². The van der Waals surface area contributed by atoms with E-state index in [1.807, 2.05) is 18.2 Å². The molecule has 0 bridgehead atoms. The van der Waals surface area contributed by atoms with Gasteiger partial charge in [0.2, 0.25) is 0 Å². The highest BCUT2D eigenvalue weighted by Gasteiger charge is 2.19. The van der Waals surface area contributed by atoms with Crippen molar-refractivity contribution in [2.45, 2.75) is 0 Å². The van der Waals surface area contributed by atoms with Crippen LogP contribution in [0.5, 0.6) is 0 Å². The van der Waals surface area contributed by atoms with Crippen molar-refractivity contribution >= 4 is 38.8 Å². The second-order valence-corrected chi connectivity index (χ2v) is 14.1. The Morgan fingerprint density at radius 2 is 0.875 bits per heavy atom. The van der Waals surface area contributed by atoms with Crippen LogP contribution >= 0.6 is 0 Å².